The van der Waals surface area contributed by atoms with Crippen molar-refractivity contribution in [1.82, 2.24) is 10.3 Å². The number of benzene rings is 2. The van der Waals surface area contributed by atoms with E-state index in [4.69, 9.17) is 14.2 Å². The molecule has 0 aliphatic carbocycles. The molecule has 4 rings (SSSR count). The fraction of sp³-hybridized carbons (Fsp3) is 0.333. The van der Waals surface area contributed by atoms with Crippen LogP contribution in [0.4, 0.5) is 13.2 Å². The molecular weight excluding hydrogens is 469 g/mol. The van der Waals surface area contributed by atoms with Crippen molar-refractivity contribution in [2.45, 2.75) is 44.0 Å². The highest BCUT2D eigenvalue weighted by molar-refractivity contribution is 6.31. The third-order valence-corrected chi connectivity index (χ3v) is 5.50. The first-order chi connectivity index (χ1) is 16.4. The highest BCUT2D eigenvalue weighted by Gasteiger charge is 2.56. The number of ether oxygens (including phenoxy) is 3. The fourth-order valence-corrected chi connectivity index (χ4v) is 4.02. The van der Waals surface area contributed by atoms with E-state index in [0.717, 1.165) is 28.6 Å². The molecule has 1 aliphatic heterocycles. The van der Waals surface area contributed by atoms with E-state index < -0.39 is 53.6 Å². The van der Waals surface area contributed by atoms with Gasteiger partial charge >= 0.3 is 24.0 Å². The summed E-state index contributed by atoms with van der Waals surface area (Å²) in [5.74, 6) is -5.61. The number of aliphatic hydroxyl groups is 1. The molecule has 1 atom stereocenters. The van der Waals surface area contributed by atoms with Gasteiger partial charge < -0.3 is 24.3 Å². The molecule has 0 amide bonds. The first-order valence-electron chi connectivity index (χ1n) is 10.7. The number of carbonyl (C=O) groups excluding carboxylic acids is 2. The molecule has 1 aromatic heterocycles. The van der Waals surface area contributed by atoms with Crippen LogP contribution in [0, 0.1) is 0 Å². The lowest BCUT2D eigenvalue weighted by molar-refractivity contribution is -0.248. The molecule has 0 radical (unpaired) electrons. The molecule has 1 fully saturated rings. The Morgan fingerprint density at radius 2 is 1.69 bits per heavy atom. The summed E-state index contributed by atoms with van der Waals surface area (Å²) >= 11 is 0. The van der Waals surface area contributed by atoms with Crippen LogP contribution in [0.5, 0.6) is 5.75 Å². The maximum Gasteiger partial charge on any atom is 0.422 e. The van der Waals surface area contributed by atoms with Crippen molar-refractivity contribution < 1.29 is 42.1 Å². The van der Waals surface area contributed by atoms with Crippen molar-refractivity contribution in [1.29, 1.82) is 0 Å². The second-order valence-corrected chi connectivity index (χ2v) is 8.81. The van der Waals surface area contributed by atoms with Gasteiger partial charge in [-0.3, -0.25) is 0 Å². The van der Waals surface area contributed by atoms with Gasteiger partial charge in [0.15, 0.2) is 6.10 Å². The van der Waals surface area contributed by atoms with Gasteiger partial charge in [0.1, 0.15) is 12.4 Å². The molecule has 2 aromatic carbocycles. The average Bonchev–Trinajstić information content (AvgIpc) is 3.31. The van der Waals surface area contributed by atoms with Crippen LogP contribution >= 0.6 is 0 Å². The number of hydrogen-bond donors (Lipinski definition) is 3. The number of carbonyl (C=O) groups is 2. The number of nitrogens with one attached hydrogen (secondary N) is 2. The van der Waals surface area contributed by atoms with E-state index in [1.165, 1.54) is 12.1 Å². The SMILES string of the molecule is CC(C)(Cc1c[nH]c2ccccc12)NC1(C(O)COc2ccccc2C(F)(F)F)OC(=O)C(=O)O1. The number of hydrogen-bond acceptors (Lipinski definition) is 7. The van der Waals surface area contributed by atoms with Gasteiger partial charge in [0.2, 0.25) is 0 Å². The van der Waals surface area contributed by atoms with Crippen molar-refractivity contribution in [3.8, 4) is 5.75 Å². The summed E-state index contributed by atoms with van der Waals surface area (Å²) in [6.07, 6.45) is -4.40. The fourth-order valence-electron chi connectivity index (χ4n) is 4.02. The van der Waals surface area contributed by atoms with Crippen LogP contribution in [-0.2, 0) is 31.7 Å². The number of rotatable bonds is 8. The second-order valence-electron chi connectivity index (χ2n) is 8.81. The number of H-pyrrole nitrogens is 1. The lowest BCUT2D eigenvalue weighted by atomic mass is 9.93. The molecular formula is C24H23F3N2O6. The van der Waals surface area contributed by atoms with Crippen molar-refractivity contribution >= 4 is 22.8 Å². The van der Waals surface area contributed by atoms with Gasteiger partial charge in [0.05, 0.1) is 5.56 Å². The van der Waals surface area contributed by atoms with Gasteiger partial charge in [-0.25, -0.2) is 14.9 Å². The number of aromatic amines is 1. The Morgan fingerprint density at radius 3 is 2.37 bits per heavy atom. The van der Waals surface area contributed by atoms with Crippen molar-refractivity contribution in [3.05, 3.63) is 65.9 Å². The molecule has 11 heteroatoms. The van der Waals surface area contributed by atoms with Crippen LogP contribution in [-0.4, -0.2) is 46.2 Å². The van der Waals surface area contributed by atoms with Crippen molar-refractivity contribution in [3.63, 3.8) is 0 Å². The monoisotopic (exact) mass is 492 g/mol. The number of aromatic nitrogens is 1. The quantitative estimate of drug-likeness (QED) is 0.327. The Hall–Kier alpha value is -3.57. The van der Waals surface area contributed by atoms with E-state index >= 15 is 0 Å². The van der Waals surface area contributed by atoms with E-state index in [-0.39, 0.29) is 0 Å². The Balaban J connectivity index is 1.55. The van der Waals surface area contributed by atoms with E-state index in [1.54, 1.807) is 20.0 Å². The molecule has 0 saturated carbocycles. The third kappa shape index (κ3) is 5.10. The van der Waals surface area contributed by atoms with Crippen LogP contribution in [0.2, 0.25) is 0 Å². The van der Waals surface area contributed by atoms with Gasteiger partial charge in [0, 0.05) is 22.6 Å². The van der Waals surface area contributed by atoms with E-state index in [9.17, 15) is 27.9 Å². The summed E-state index contributed by atoms with van der Waals surface area (Å²) in [7, 11) is 0. The zero-order valence-electron chi connectivity index (χ0n) is 18.8. The van der Waals surface area contributed by atoms with Crippen molar-refractivity contribution in [2.75, 3.05) is 6.61 Å². The zero-order chi connectivity index (χ0) is 25.4. The summed E-state index contributed by atoms with van der Waals surface area (Å²) in [6.45, 7) is 2.68. The molecule has 0 bridgehead atoms. The molecule has 8 nitrogen and oxygen atoms in total. The lowest BCUT2D eigenvalue weighted by Gasteiger charge is -2.38. The van der Waals surface area contributed by atoms with Gasteiger partial charge in [-0.05, 0) is 44.0 Å². The van der Waals surface area contributed by atoms with Crippen LogP contribution in [0.25, 0.3) is 10.9 Å². The van der Waals surface area contributed by atoms with E-state index in [2.05, 4.69) is 10.3 Å². The Bertz CT molecular complexity index is 1240. The van der Waals surface area contributed by atoms with Gasteiger partial charge in [-0.2, -0.15) is 13.2 Å². The Kier molecular flexibility index (Phi) is 6.24. The summed E-state index contributed by atoms with van der Waals surface area (Å²) in [5, 5.41) is 14.6. The minimum Gasteiger partial charge on any atom is -0.490 e. The zero-order valence-corrected chi connectivity index (χ0v) is 18.8. The summed E-state index contributed by atoms with van der Waals surface area (Å²) in [6, 6.07) is 12.0. The van der Waals surface area contributed by atoms with Crippen LogP contribution < -0.4 is 10.1 Å². The molecule has 2 heterocycles. The van der Waals surface area contributed by atoms with Gasteiger partial charge in [-0.1, -0.05) is 30.3 Å². The molecule has 3 N–H and O–H groups in total. The number of cyclic esters (lactones) is 2. The van der Waals surface area contributed by atoms with E-state index in [0.29, 0.717) is 6.42 Å². The Morgan fingerprint density at radius 1 is 1.06 bits per heavy atom. The predicted octanol–water partition coefficient (Wildman–Crippen LogP) is 3.29. The standard InChI is InChI=1S/C24H23F3N2O6/c1-22(2,11-14-12-28-17-9-5-3-7-15(14)17)29-24(34-20(31)21(32)35-24)19(30)13-33-18-10-6-4-8-16(18)23(25,26)27/h3-10,12,19,28-30H,11,13H2,1-2H3. The minimum atomic E-state index is -4.69. The maximum absolute atomic E-state index is 13.3. The van der Waals surface area contributed by atoms with Crippen molar-refractivity contribution in [2.24, 2.45) is 0 Å². The van der Waals surface area contributed by atoms with Crippen LogP contribution in [0.3, 0.4) is 0 Å². The summed E-state index contributed by atoms with van der Waals surface area (Å²) in [5.41, 5.74) is -0.174. The molecule has 1 unspecified atom stereocenters. The van der Waals surface area contributed by atoms with Crippen LogP contribution in [0.15, 0.2) is 54.7 Å². The normalized spacial score (nSPS) is 16.7. The second kappa shape index (κ2) is 8.90. The van der Waals surface area contributed by atoms with E-state index in [1.807, 2.05) is 24.3 Å². The lowest BCUT2D eigenvalue weighted by Crippen LogP contribution is -2.64. The predicted molar refractivity (Wildman–Crippen MR) is 117 cm³/mol. The molecule has 3 aromatic rings. The largest absolute Gasteiger partial charge is 0.490 e. The molecule has 186 valence electrons. The smallest absolute Gasteiger partial charge is 0.422 e. The third-order valence-electron chi connectivity index (χ3n) is 5.50. The Labute approximate surface area is 198 Å². The summed E-state index contributed by atoms with van der Waals surface area (Å²) < 4.78 is 55.2. The molecule has 0 spiro atoms. The topological polar surface area (TPSA) is 110 Å². The highest BCUT2D eigenvalue weighted by atomic mass is 19.4. The first-order valence-corrected chi connectivity index (χ1v) is 10.7. The number of esters is 2. The molecule has 35 heavy (non-hydrogen) atoms. The number of aliphatic hydroxyl groups excluding tert-OH is 1. The van der Waals surface area contributed by atoms with Gasteiger partial charge in [-0.15, -0.1) is 0 Å². The summed E-state index contributed by atoms with van der Waals surface area (Å²) in [4.78, 5) is 26.9. The molecule has 1 saturated heterocycles. The molecule has 1 aliphatic rings. The average molecular weight is 492 g/mol. The minimum absolute atomic E-state index is 0.346. The maximum atomic E-state index is 13.3. The van der Waals surface area contributed by atoms with Crippen LogP contribution in [0.1, 0.15) is 25.0 Å². The van der Waals surface area contributed by atoms with Gasteiger partial charge in [0.25, 0.3) is 0 Å². The number of alkyl halides is 3. The number of fused-ring (bicyclic) bond motifs is 1. The first kappa shape index (κ1) is 24.6. The number of para-hydroxylation sites is 2. The number of halogens is 3. The highest BCUT2D eigenvalue weighted by Crippen LogP contribution is 2.36.